The van der Waals surface area contributed by atoms with Gasteiger partial charge >= 0.3 is 6.03 Å². The molecule has 2 N–H and O–H groups in total. The van der Waals surface area contributed by atoms with E-state index < -0.39 is 0 Å². The van der Waals surface area contributed by atoms with E-state index in [2.05, 4.69) is 23.6 Å². The zero-order valence-electron chi connectivity index (χ0n) is 14.0. The van der Waals surface area contributed by atoms with Gasteiger partial charge in [0.2, 0.25) is 0 Å². The Bertz CT molecular complexity index is 685. The van der Waals surface area contributed by atoms with Gasteiger partial charge in [-0.15, -0.1) is 0 Å². The molecule has 0 aromatic heterocycles. The third-order valence-corrected chi connectivity index (χ3v) is 6.57. The van der Waals surface area contributed by atoms with E-state index in [1.54, 1.807) is 0 Å². The first-order valence-corrected chi connectivity index (χ1v) is 9.09. The predicted molar refractivity (Wildman–Crippen MR) is 89.0 cm³/mol. The van der Waals surface area contributed by atoms with Crippen molar-refractivity contribution in [1.82, 2.24) is 10.6 Å². The molecule has 4 atom stereocenters. The molecule has 2 aliphatic heterocycles. The number of urea groups is 1. The number of amides is 2. The summed E-state index contributed by atoms with van der Waals surface area (Å²) in [6.07, 6.45) is 5.10. The van der Waals surface area contributed by atoms with Crippen LogP contribution in [0.3, 0.4) is 0 Å². The zero-order chi connectivity index (χ0) is 16.3. The smallest absolute Gasteiger partial charge is 0.315 e. The summed E-state index contributed by atoms with van der Waals surface area (Å²) in [5.74, 6) is 1.39. The molecular formula is C19H24N2O3. The summed E-state index contributed by atoms with van der Waals surface area (Å²) in [6, 6.07) is 6.27. The molecule has 5 rings (SSSR count). The van der Waals surface area contributed by atoms with Crippen LogP contribution in [-0.4, -0.2) is 31.4 Å². The molecule has 0 radical (unpaired) electrons. The number of hydrogen-bond acceptors (Lipinski definition) is 3. The van der Waals surface area contributed by atoms with Crippen LogP contribution in [0.2, 0.25) is 0 Å². The Morgan fingerprint density at radius 1 is 1.29 bits per heavy atom. The molecule has 2 amide bonds. The van der Waals surface area contributed by atoms with E-state index >= 15 is 0 Å². The minimum atomic E-state index is -0.0698. The number of aryl methyl sites for hydroxylation is 1. The number of fused-ring (bicyclic) bond motifs is 3. The van der Waals surface area contributed by atoms with Crippen LogP contribution in [0.5, 0.6) is 5.75 Å². The van der Waals surface area contributed by atoms with Crippen molar-refractivity contribution >= 4 is 6.03 Å². The first-order valence-electron chi connectivity index (χ1n) is 9.09. The predicted octanol–water partition coefficient (Wildman–Crippen LogP) is 2.69. The van der Waals surface area contributed by atoms with Crippen molar-refractivity contribution in [3.8, 4) is 5.75 Å². The van der Waals surface area contributed by atoms with E-state index in [4.69, 9.17) is 9.47 Å². The lowest BCUT2D eigenvalue weighted by Crippen LogP contribution is -2.72. The van der Waals surface area contributed by atoms with Crippen molar-refractivity contribution in [2.24, 2.45) is 11.3 Å². The number of nitrogens with one attached hydrogen (secondary N) is 2. The highest BCUT2D eigenvalue weighted by molar-refractivity contribution is 5.75. The molecule has 1 aromatic carbocycles. The summed E-state index contributed by atoms with van der Waals surface area (Å²) in [4.78, 5) is 12.6. The molecule has 1 saturated heterocycles. The molecule has 2 heterocycles. The molecule has 1 spiro atoms. The van der Waals surface area contributed by atoms with Crippen molar-refractivity contribution in [1.29, 1.82) is 0 Å². The number of hydrogen-bond donors (Lipinski definition) is 2. The van der Waals surface area contributed by atoms with Gasteiger partial charge in [0.05, 0.1) is 12.1 Å². The lowest BCUT2D eigenvalue weighted by molar-refractivity contribution is -0.172. The Morgan fingerprint density at radius 3 is 2.96 bits per heavy atom. The summed E-state index contributed by atoms with van der Waals surface area (Å²) in [6.45, 7) is 3.42. The van der Waals surface area contributed by atoms with Crippen LogP contribution in [-0.2, 0) is 4.74 Å². The minimum Gasteiger partial charge on any atom is -0.491 e. The normalized spacial score (nSPS) is 34.5. The van der Waals surface area contributed by atoms with Gasteiger partial charge in [0.15, 0.2) is 0 Å². The van der Waals surface area contributed by atoms with Gasteiger partial charge in [-0.1, -0.05) is 24.1 Å². The fourth-order valence-electron chi connectivity index (χ4n) is 5.25. The Balaban J connectivity index is 1.27. The Kier molecular flexibility index (Phi) is 3.11. The average Bonchev–Trinajstić information content (AvgIpc) is 3.09. The number of benzene rings is 1. The van der Waals surface area contributed by atoms with E-state index in [0.29, 0.717) is 18.6 Å². The Hall–Kier alpha value is -1.75. The third kappa shape index (κ3) is 1.94. The van der Waals surface area contributed by atoms with Gasteiger partial charge in [0, 0.05) is 29.5 Å². The van der Waals surface area contributed by atoms with Crippen molar-refractivity contribution in [2.45, 2.75) is 50.8 Å². The van der Waals surface area contributed by atoms with Crippen LogP contribution >= 0.6 is 0 Å². The summed E-state index contributed by atoms with van der Waals surface area (Å²) in [7, 11) is 0. The van der Waals surface area contributed by atoms with Crippen molar-refractivity contribution in [3.63, 3.8) is 0 Å². The SMILES string of the molecule is Cc1ccc2c(c1)[C@H](NC(=O)N[C@@H]1[C@H]3CCO[C@H]3C13CCC3)CO2. The van der Waals surface area contributed by atoms with E-state index in [-0.39, 0.29) is 23.5 Å². The molecule has 2 aliphatic carbocycles. The number of carbonyl (C=O) groups is 1. The quantitative estimate of drug-likeness (QED) is 0.877. The second kappa shape index (κ2) is 5.12. The third-order valence-electron chi connectivity index (χ3n) is 6.57. The van der Waals surface area contributed by atoms with Crippen molar-refractivity contribution in [3.05, 3.63) is 29.3 Å². The maximum absolute atomic E-state index is 12.6. The lowest BCUT2D eigenvalue weighted by atomic mass is 9.46. The van der Waals surface area contributed by atoms with E-state index in [0.717, 1.165) is 24.3 Å². The highest BCUT2D eigenvalue weighted by Gasteiger charge is 2.67. The fraction of sp³-hybridized carbons (Fsp3) is 0.632. The van der Waals surface area contributed by atoms with Gasteiger partial charge < -0.3 is 20.1 Å². The van der Waals surface area contributed by atoms with Crippen LogP contribution in [0, 0.1) is 18.3 Å². The average molecular weight is 328 g/mol. The van der Waals surface area contributed by atoms with E-state index in [1.165, 1.54) is 24.8 Å². The number of carbonyl (C=O) groups excluding carboxylic acids is 1. The molecule has 24 heavy (non-hydrogen) atoms. The molecule has 128 valence electrons. The topological polar surface area (TPSA) is 59.6 Å². The van der Waals surface area contributed by atoms with Gasteiger partial charge in [-0.05, 0) is 32.3 Å². The molecule has 5 heteroatoms. The number of rotatable bonds is 2. The first kappa shape index (κ1) is 14.6. The molecule has 3 fully saturated rings. The van der Waals surface area contributed by atoms with Gasteiger partial charge in [-0.2, -0.15) is 0 Å². The molecule has 5 nitrogen and oxygen atoms in total. The van der Waals surface area contributed by atoms with Crippen molar-refractivity contribution < 1.29 is 14.3 Å². The zero-order valence-corrected chi connectivity index (χ0v) is 14.0. The van der Waals surface area contributed by atoms with Gasteiger partial charge in [-0.3, -0.25) is 0 Å². The molecular weight excluding hydrogens is 304 g/mol. The summed E-state index contributed by atoms with van der Waals surface area (Å²) in [5.41, 5.74) is 2.49. The van der Waals surface area contributed by atoms with Crippen molar-refractivity contribution in [2.75, 3.05) is 13.2 Å². The monoisotopic (exact) mass is 328 g/mol. The maximum atomic E-state index is 12.6. The molecule has 0 unspecified atom stereocenters. The first-order chi connectivity index (χ1) is 11.7. The largest absolute Gasteiger partial charge is 0.491 e. The van der Waals surface area contributed by atoms with E-state index in [9.17, 15) is 4.79 Å². The van der Waals surface area contributed by atoms with Gasteiger partial charge in [-0.25, -0.2) is 4.79 Å². The minimum absolute atomic E-state index is 0.0621. The summed E-state index contributed by atoms with van der Waals surface area (Å²) < 4.78 is 11.6. The van der Waals surface area contributed by atoms with Crippen LogP contribution in [0.25, 0.3) is 0 Å². The molecule has 1 aromatic rings. The van der Waals surface area contributed by atoms with Gasteiger partial charge in [0.1, 0.15) is 12.4 Å². The number of ether oxygens (including phenoxy) is 2. The van der Waals surface area contributed by atoms with Gasteiger partial charge in [0.25, 0.3) is 0 Å². The Labute approximate surface area is 142 Å². The molecule has 2 saturated carbocycles. The highest BCUT2D eigenvalue weighted by atomic mass is 16.5. The fourth-order valence-corrected chi connectivity index (χ4v) is 5.25. The van der Waals surface area contributed by atoms with Crippen LogP contribution in [0.4, 0.5) is 4.79 Å². The molecule has 4 aliphatic rings. The van der Waals surface area contributed by atoms with Crippen LogP contribution in [0.1, 0.15) is 42.9 Å². The summed E-state index contributed by atoms with van der Waals surface area (Å²) >= 11 is 0. The standard InChI is InChI=1S/C19H24N2O3/c1-11-3-4-15-13(9-11)14(10-24-15)20-18(22)21-16-12-5-8-23-17(12)19(16)6-2-7-19/h3-4,9,12,14,16-17H,2,5-8,10H2,1H3,(H2,20,21,22)/t12-,14-,16-,17-/m1/s1. The highest BCUT2D eigenvalue weighted by Crippen LogP contribution is 2.62. The second-order valence-corrected chi connectivity index (χ2v) is 7.83. The van der Waals surface area contributed by atoms with Crippen LogP contribution < -0.4 is 15.4 Å². The Morgan fingerprint density at radius 2 is 2.17 bits per heavy atom. The summed E-state index contributed by atoms with van der Waals surface area (Å²) in [5, 5.41) is 6.38. The van der Waals surface area contributed by atoms with E-state index in [1.807, 2.05) is 12.1 Å². The van der Waals surface area contributed by atoms with Crippen LogP contribution in [0.15, 0.2) is 18.2 Å². The molecule has 0 bridgehead atoms. The second-order valence-electron chi connectivity index (χ2n) is 7.83. The maximum Gasteiger partial charge on any atom is 0.315 e. The lowest BCUT2D eigenvalue weighted by Gasteiger charge is -2.63.